The molecule has 1 aromatic rings. The van der Waals surface area contributed by atoms with E-state index in [4.69, 9.17) is 0 Å². The van der Waals surface area contributed by atoms with E-state index >= 15 is 0 Å². The van der Waals surface area contributed by atoms with E-state index < -0.39 is 11.4 Å². The van der Waals surface area contributed by atoms with E-state index in [0.29, 0.717) is 30.4 Å². The first kappa shape index (κ1) is 22.2. The molecule has 1 saturated carbocycles. The fraction of sp³-hybridized carbons (Fsp3) is 0.500. The van der Waals surface area contributed by atoms with E-state index in [2.05, 4.69) is 27.4 Å². The highest BCUT2D eigenvalue weighted by atomic mass is 16.4. The van der Waals surface area contributed by atoms with Crippen LogP contribution in [0, 0.1) is 16.7 Å². The van der Waals surface area contributed by atoms with E-state index in [9.17, 15) is 19.5 Å². The Hall–Kier alpha value is -2.49. The molecule has 0 saturated heterocycles. The number of hydrogen-bond donors (Lipinski definition) is 1. The van der Waals surface area contributed by atoms with Crippen LogP contribution >= 0.6 is 0 Å². The van der Waals surface area contributed by atoms with Gasteiger partial charge in [-0.1, -0.05) is 39.3 Å². The van der Waals surface area contributed by atoms with Gasteiger partial charge in [0.2, 0.25) is 0 Å². The summed E-state index contributed by atoms with van der Waals surface area (Å²) in [6.45, 7) is 12.1. The number of carbonyl (C=O) groups excluding carboxylic acids is 2. The molecule has 0 heterocycles. The minimum absolute atomic E-state index is 0.1000. The molecule has 3 atom stereocenters. The van der Waals surface area contributed by atoms with Crippen LogP contribution in [0.15, 0.2) is 36.9 Å². The van der Waals surface area contributed by atoms with Gasteiger partial charge >= 0.3 is 5.97 Å². The highest BCUT2D eigenvalue weighted by Crippen LogP contribution is 2.54. The third-order valence-corrected chi connectivity index (χ3v) is 7.44. The number of allylic oxidation sites excluding steroid dienone is 3. The van der Waals surface area contributed by atoms with Crippen LogP contribution in [-0.2, 0) is 11.2 Å². The van der Waals surface area contributed by atoms with Gasteiger partial charge in [-0.2, -0.15) is 0 Å². The molecule has 4 nitrogen and oxygen atoms in total. The summed E-state index contributed by atoms with van der Waals surface area (Å²) < 4.78 is 0. The number of fused-ring (bicyclic) bond motifs is 1. The second-order valence-electron chi connectivity index (χ2n) is 9.70. The molecular formula is C26H32O4. The molecule has 0 radical (unpaired) electrons. The van der Waals surface area contributed by atoms with Crippen LogP contribution in [0.25, 0.3) is 0 Å². The first-order valence-electron chi connectivity index (χ1n) is 10.8. The molecule has 0 spiro atoms. The van der Waals surface area contributed by atoms with Gasteiger partial charge < -0.3 is 5.11 Å². The van der Waals surface area contributed by atoms with E-state index in [1.54, 1.807) is 0 Å². The maximum Gasteiger partial charge on any atom is 0.309 e. The molecule has 0 aromatic heterocycles. The van der Waals surface area contributed by atoms with Gasteiger partial charge in [-0.15, -0.1) is 6.58 Å². The normalized spacial score (nSPS) is 28.5. The fourth-order valence-corrected chi connectivity index (χ4v) is 5.43. The van der Waals surface area contributed by atoms with Gasteiger partial charge in [0.15, 0.2) is 11.6 Å². The highest BCUT2D eigenvalue weighted by molar-refractivity contribution is 6.22. The fourth-order valence-electron chi connectivity index (χ4n) is 5.43. The van der Waals surface area contributed by atoms with Crippen LogP contribution in [0.3, 0.4) is 0 Å². The van der Waals surface area contributed by atoms with Crippen molar-refractivity contribution in [2.45, 2.75) is 65.7 Å². The lowest BCUT2D eigenvalue weighted by molar-refractivity contribution is -0.158. The molecule has 0 bridgehead atoms. The summed E-state index contributed by atoms with van der Waals surface area (Å²) in [6.07, 6.45) is 8.20. The Balaban J connectivity index is 2.03. The van der Waals surface area contributed by atoms with Gasteiger partial charge in [0.1, 0.15) is 0 Å². The van der Waals surface area contributed by atoms with E-state index in [1.807, 2.05) is 25.1 Å². The van der Waals surface area contributed by atoms with E-state index in [-0.39, 0.29) is 28.8 Å². The van der Waals surface area contributed by atoms with Gasteiger partial charge in [0.25, 0.3) is 0 Å². The molecule has 1 aromatic carbocycles. The number of aryl methyl sites for hydroxylation is 1. The summed E-state index contributed by atoms with van der Waals surface area (Å²) in [6, 6.07) is 3.86. The van der Waals surface area contributed by atoms with Crippen molar-refractivity contribution in [3.8, 4) is 0 Å². The van der Waals surface area contributed by atoms with Crippen molar-refractivity contribution in [3.63, 3.8) is 0 Å². The Bertz CT molecular complexity index is 939. The zero-order valence-electron chi connectivity index (χ0n) is 18.5. The van der Waals surface area contributed by atoms with Crippen LogP contribution in [0.5, 0.6) is 0 Å². The van der Waals surface area contributed by atoms with Crippen molar-refractivity contribution in [1.82, 2.24) is 0 Å². The minimum atomic E-state index is -0.837. The summed E-state index contributed by atoms with van der Waals surface area (Å²) in [7, 11) is 0. The van der Waals surface area contributed by atoms with Crippen molar-refractivity contribution in [2.75, 3.05) is 0 Å². The summed E-state index contributed by atoms with van der Waals surface area (Å²) in [5.41, 5.74) is 1.72. The zero-order chi connectivity index (χ0) is 22.3. The monoisotopic (exact) mass is 408 g/mol. The van der Waals surface area contributed by atoms with Gasteiger partial charge in [-0.3, -0.25) is 14.4 Å². The van der Waals surface area contributed by atoms with Crippen LogP contribution in [-0.4, -0.2) is 22.6 Å². The quantitative estimate of drug-likeness (QED) is 0.607. The van der Waals surface area contributed by atoms with Crippen molar-refractivity contribution in [2.24, 2.45) is 16.7 Å². The van der Waals surface area contributed by atoms with Crippen LogP contribution in [0.4, 0.5) is 0 Å². The average Bonchev–Trinajstić information content (AvgIpc) is 2.69. The number of carboxylic acids is 1. The molecule has 30 heavy (non-hydrogen) atoms. The predicted octanol–water partition coefficient (Wildman–Crippen LogP) is 5.76. The second kappa shape index (κ2) is 7.98. The molecule has 1 fully saturated rings. The standard InChI is InChI=1S/C26H32O4/c1-6-25(4)12-7-13-26(5,24(29)30)22(25)11-8-17-14-18(16(2)3)15-19-20(27)9-10-21(28)23(17)19/h6,9-10,14-16,22H,1,7-8,11-13H2,2-5H3,(H,29,30). The largest absolute Gasteiger partial charge is 0.481 e. The Morgan fingerprint density at radius 3 is 2.47 bits per heavy atom. The third-order valence-electron chi connectivity index (χ3n) is 7.44. The van der Waals surface area contributed by atoms with Gasteiger partial charge in [-0.25, -0.2) is 0 Å². The topological polar surface area (TPSA) is 71.4 Å². The minimum Gasteiger partial charge on any atom is -0.481 e. The molecular weight excluding hydrogens is 376 g/mol. The second-order valence-corrected chi connectivity index (χ2v) is 9.70. The number of carbonyl (C=O) groups is 3. The summed E-state index contributed by atoms with van der Waals surface area (Å²) >= 11 is 0. The maximum atomic E-state index is 12.7. The lowest BCUT2D eigenvalue weighted by Gasteiger charge is -2.49. The first-order chi connectivity index (χ1) is 14.0. The summed E-state index contributed by atoms with van der Waals surface area (Å²) in [5.74, 6) is -0.937. The molecule has 2 aliphatic rings. The van der Waals surface area contributed by atoms with E-state index in [1.165, 1.54) is 12.2 Å². The molecule has 3 unspecified atom stereocenters. The van der Waals surface area contributed by atoms with Gasteiger partial charge in [0.05, 0.1) is 5.41 Å². The predicted molar refractivity (Wildman–Crippen MR) is 118 cm³/mol. The van der Waals surface area contributed by atoms with Gasteiger partial charge in [0, 0.05) is 11.1 Å². The van der Waals surface area contributed by atoms with Crippen molar-refractivity contribution in [3.05, 3.63) is 59.2 Å². The van der Waals surface area contributed by atoms with E-state index in [0.717, 1.165) is 24.0 Å². The molecule has 3 rings (SSSR count). The Morgan fingerprint density at radius 1 is 1.20 bits per heavy atom. The van der Waals surface area contributed by atoms with Crippen molar-refractivity contribution < 1.29 is 19.5 Å². The van der Waals surface area contributed by atoms with Crippen LogP contribution in [0.2, 0.25) is 0 Å². The first-order valence-corrected chi connectivity index (χ1v) is 10.8. The van der Waals surface area contributed by atoms with Crippen LogP contribution in [0.1, 0.15) is 91.1 Å². The summed E-state index contributed by atoms with van der Waals surface area (Å²) in [5, 5.41) is 10.0. The number of hydrogen-bond acceptors (Lipinski definition) is 3. The number of benzene rings is 1. The SMILES string of the molecule is C=CC1(C)CCCC(C)(C(=O)O)C1CCc1cc(C(C)C)cc2c1C(=O)C=CC2=O. The van der Waals surface area contributed by atoms with Crippen LogP contribution < -0.4 is 0 Å². The Labute approximate surface area is 179 Å². The molecule has 4 heteroatoms. The van der Waals surface area contributed by atoms with Crippen molar-refractivity contribution in [1.29, 1.82) is 0 Å². The number of aliphatic carboxylic acids is 1. The molecule has 2 aliphatic carbocycles. The maximum absolute atomic E-state index is 12.7. The number of ketones is 2. The Kier molecular flexibility index (Phi) is 5.90. The third kappa shape index (κ3) is 3.68. The summed E-state index contributed by atoms with van der Waals surface area (Å²) in [4.78, 5) is 37.4. The Morgan fingerprint density at radius 2 is 1.87 bits per heavy atom. The molecule has 160 valence electrons. The molecule has 1 N–H and O–H groups in total. The average molecular weight is 409 g/mol. The van der Waals surface area contributed by atoms with Gasteiger partial charge in [-0.05, 0) is 79.2 Å². The smallest absolute Gasteiger partial charge is 0.309 e. The molecule has 0 aliphatic heterocycles. The number of carboxylic acid groups (broad SMARTS) is 1. The van der Waals surface area contributed by atoms with Crippen molar-refractivity contribution >= 4 is 17.5 Å². The highest BCUT2D eigenvalue weighted by Gasteiger charge is 2.51. The number of rotatable bonds is 6. The molecule has 0 amide bonds. The lowest BCUT2D eigenvalue weighted by atomic mass is 9.54. The lowest BCUT2D eigenvalue weighted by Crippen LogP contribution is -2.47. The zero-order valence-corrected chi connectivity index (χ0v) is 18.5.